The zero-order chi connectivity index (χ0) is 13.7. The van der Waals surface area contributed by atoms with Crippen LogP contribution in [0.1, 0.15) is 44.4 Å². The number of aromatic nitrogens is 2. The standard InChI is InChI=1S/C15H26N4.2ClH/c1-4-8-19(9-5-2)13-6-7-14-12(10-13)11-17-15(16-3)18-14;;/h11,13H,4-10H2,1-3H3,(H,16,17,18);2*1H. The maximum atomic E-state index is 4.58. The molecule has 1 aliphatic rings. The molecule has 0 saturated carbocycles. The molecular weight excluding hydrogens is 307 g/mol. The number of halogens is 2. The first kappa shape index (κ1) is 20.4. The van der Waals surface area contributed by atoms with Gasteiger partial charge >= 0.3 is 0 Å². The normalized spacial score (nSPS) is 16.7. The van der Waals surface area contributed by atoms with Crippen molar-refractivity contribution in [2.75, 3.05) is 25.5 Å². The molecule has 6 heteroatoms. The fourth-order valence-corrected chi connectivity index (χ4v) is 2.97. The zero-order valence-electron chi connectivity index (χ0n) is 13.3. The Balaban J connectivity index is 0.00000200. The van der Waals surface area contributed by atoms with E-state index < -0.39 is 0 Å². The minimum absolute atomic E-state index is 0. The third kappa shape index (κ3) is 5.28. The summed E-state index contributed by atoms with van der Waals surface area (Å²) in [6, 6.07) is 0.677. The van der Waals surface area contributed by atoms with Crippen LogP contribution in [0, 0.1) is 0 Å². The molecule has 122 valence electrons. The summed E-state index contributed by atoms with van der Waals surface area (Å²) in [6.07, 6.45) is 7.90. The molecule has 21 heavy (non-hydrogen) atoms. The van der Waals surface area contributed by atoms with E-state index in [4.69, 9.17) is 0 Å². The summed E-state index contributed by atoms with van der Waals surface area (Å²) in [5, 5.41) is 3.02. The fourth-order valence-electron chi connectivity index (χ4n) is 2.97. The topological polar surface area (TPSA) is 41.1 Å². The van der Waals surface area contributed by atoms with Crippen LogP contribution in [-0.4, -0.2) is 41.0 Å². The lowest BCUT2D eigenvalue weighted by Crippen LogP contribution is -2.40. The summed E-state index contributed by atoms with van der Waals surface area (Å²) in [6.45, 7) is 6.95. The van der Waals surface area contributed by atoms with Crippen molar-refractivity contribution in [1.82, 2.24) is 14.9 Å². The van der Waals surface area contributed by atoms with E-state index in [1.165, 1.54) is 43.6 Å². The monoisotopic (exact) mass is 334 g/mol. The molecule has 1 unspecified atom stereocenters. The lowest BCUT2D eigenvalue weighted by molar-refractivity contribution is 0.179. The van der Waals surface area contributed by atoms with E-state index in [-0.39, 0.29) is 24.8 Å². The van der Waals surface area contributed by atoms with Gasteiger partial charge in [-0.15, -0.1) is 24.8 Å². The van der Waals surface area contributed by atoms with Gasteiger partial charge in [-0.3, -0.25) is 0 Å². The maximum Gasteiger partial charge on any atom is 0.222 e. The summed E-state index contributed by atoms with van der Waals surface area (Å²) in [7, 11) is 1.87. The zero-order valence-corrected chi connectivity index (χ0v) is 14.9. The molecule has 0 fully saturated rings. The van der Waals surface area contributed by atoms with Gasteiger partial charge < -0.3 is 10.2 Å². The van der Waals surface area contributed by atoms with Gasteiger partial charge in [0.25, 0.3) is 0 Å². The van der Waals surface area contributed by atoms with Crippen LogP contribution in [0.15, 0.2) is 6.20 Å². The average molecular weight is 335 g/mol. The molecular formula is C15H28Cl2N4. The van der Waals surface area contributed by atoms with Crippen molar-refractivity contribution in [3.63, 3.8) is 0 Å². The Bertz CT molecular complexity index is 409. The highest BCUT2D eigenvalue weighted by atomic mass is 35.5. The van der Waals surface area contributed by atoms with Crippen molar-refractivity contribution in [3.05, 3.63) is 17.5 Å². The summed E-state index contributed by atoms with van der Waals surface area (Å²) in [4.78, 5) is 11.6. The van der Waals surface area contributed by atoms with Crippen LogP contribution < -0.4 is 5.32 Å². The molecule has 1 aromatic rings. The van der Waals surface area contributed by atoms with Crippen LogP contribution in [0.3, 0.4) is 0 Å². The summed E-state index contributed by atoms with van der Waals surface area (Å²) in [5.74, 6) is 0.746. The molecule has 1 atom stereocenters. The molecule has 1 aliphatic carbocycles. The molecule has 0 aliphatic heterocycles. The van der Waals surface area contributed by atoms with Crippen molar-refractivity contribution in [3.8, 4) is 0 Å². The maximum absolute atomic E-state index is 4.58. The number of aryl methyl sites for hydroxylation is 1. The molecule has 0 spiro atoms. The molecule has 2 rings (SSSR count). The highest BCUT2D eigenvalue weighted by Gasteiger charge is 2.24. The first-order valence-corrected chi connectivity index (χ1v) is 7.55. The predicted molar refractivity (Wildman–Crippen MR) is 94.0 cm³/mol. The highest BCUT2D eigenvalue weighted by molar-refractivity contribution is 5.85. The Morgan fingerprint density at radius 1 is 1.24 bits per heavy atom. The number of nitrogens with one attached hydrogen (secondary N) is 1. The fraction of sp³-hybridized carbons (Fsp3) is 0.733. The first-order chi connectivity index (χ1) is 9.28. The summed E-state index contributed by atoms with van der Waals surface area (Å²) < 4.78 is 0. The Morgan fingerprint density at radius 2 is 1.90 bits per heavy atom. The second kappa shape index (κ2) is 10.2. The number of rotatable bonds is 6. The Kier molecular flexibility index (Phi) is 9.92. The second-order valence-corrected chi connectivity index (χ2v) is 5.35. The van der Waals surface area contributed by atoms with Gasteiger partial charge in [0.2, 0.25) is 5.95 Å². The van der Waals surface area contributed by atoms with Crippen molar-refractivity contribution in [2.24, 2.45) is 0 Å². The number of hydrogen-bond donors (Lipinski definition) is 1. The van der Waals surface area contributed by atoms with Crippen LogP contribution in [0.5, 0.6) is 0 Å². The Labute approximate surface area is 140 Å². The van der Waals surface area contributed by atoms with E-state index in [0.29, 0.717) is 6.04 Å². The summed E-state index contributed by atoms with van der Waals surface area (Å²) in [5.41, 5.74) is 2.58. The van der Waals surface area contributed by atoms with E-state index in [1.54, 1.807) is 0 Å². The van der Waals surface area contributed by atoms with Crippen molar-refractivity contribution in [2.45, 2.75) is 52.0 Å². The van der Waals surface area contributed by atoms with Crippen LogP contribution in [0.4, 0.5) is 5.95 Å². The third-order valence-electron chi connectivity index (χ3n) is 3.89. The Morgan fingerprint density at radius 3 is 2.48 bits per heavy atom. The largest absolute Gasteiger partial charge is 0.357 e. The smallest absolute Gasteiger partial charge is 0.222 e. The highest BCUT2D eigenvalue weighted by Crippen LogP contribution is 2.24. The van der Waals surface area contributed by atoms with E-state index >= 15 is 0 Å². The van der Waals surface area contributed by atoms with Gasteiger partial charge in [0.05, 0.1) is 0 Å². The van der Waals surface area contributed by atoms with Gasteiger partial charge in [0.15, 0.2) is 0 Å². The lowest BCUT2D eigenvalue weighted by Gasteiger charge is -2.34. The van der Waals surface area contributed by atoms with E-state index in [1.807, 2.05) is 13.2 Å². The predicted octanol–water partition coefficient (Wildman–Crippen LogP) is 3.34. The molecule has 0 saturated heterocycles. The quantitative estimate of drug-likeness (QED) is 0.866. The van der Waals surface area contributed by atoms with Gasteiger partial charge in [-0.1, -0.05) is 13.8 Å². The van der Waals surface area contributed by atoms with Gasteiger partial charge in [0.1, 0.15) is 0 Å². The molecule has 1 aromatic heterocycles. The molecule has 1 heterocycles. The van der Waals surface area contributed by atoms with Crippen LogP contribution in [-0.2, 0) is 12.8 Å². The minimum atomic E-state index is 0. The van der Waals surface area contributed by atoms with Crippen LogP contribution >= 0.6 is 24.8 Å². The van der Waals surface area contributed by atoms with Gasteiger partial charge in [-0.05, 0) is 50.8 Å². The molecule has 0 aromatic carbocycles. The SMILES string of the molecule is CCCN(CCC)C1CCc2nc(NC)ncc2C1.Cl.Cl. The molecule has 4 nitrogen and oxygen atoms in total. The lowest BCUT2D eigenvalue weighted by atomic mass is 9.91. The van der Waals surface area contributed by atoms with Crippen molar-refractivity contribution in [1.29, 1.82) is 0 Å². The van der Waals surface area contributed by atoms with Gasteiger partial charge in [0, 0.05) is 25.0 Å². The summed E-state index contributed by atoms with van der Waals surface area (Å²) >= 11 is 0. The third-order valence-corrected chi connectivity index (χ3v) is 3.89. The molecule has 1 N–H and O–H groups in total. The van der Waals surface area contributed by atoms with E-state index in [9.17, 15) is 0 Å². The average Bonchev–Trinajstić information content (AvgIpc) is 2.46. The van der Waals surface area contributed by atoms with Crippen LogP contribution in [0.2, 0.25) is 0 Å². The number of nitrogens with zero attached hydrogens (tertiary/aromatic N) is 3. The number of fused-ring (bicyclic) bond motifs is 1. The molecule has 0 radical (unpaired) electrons. The van der Waals surface area contributed by atoms with Crippen LogP contribution in [0.25, 0.3) is 0 Å². The van der Waals surface area contributed by atoms with E-state index in [2.05, 4.69) is 34.0 Å². The van der Waals surface area contributed by atoms with Crippen molar-refractivity contribution < 1.29 is 0 Å². The second-order valence-electron chi connectivity index (χ2n) is 5.35. The van der Waals surface area contributed by atoms with Gasteiger partial charge in [-0.25, -0.2) is 9.97 Å². The molecule has 0 amide bonds. The number of anilines is 1. The van der Waals surface area contributed by atoms with E-state index in [0.717, 1.165) is 18.8 Å². The molecule has 0 bridgehead atoms. The first-order valence-electron chi connectivity index (χ1n) is 7.55. The Hall–Kier alpha value is -0.580. The van der Waals surface area contributed by atoms with Gasteiger partial charge in [-0.2, -0.15) is 0 Å². The van der Waals surface area contributed by atoms with Crippen molar-refractivity contribution >= 4 is 30.8 Å². The number of hydrogen-bond acceptors (Lipinski definition) is 4. The minimum Gasteiger partial charge on any atom is -0.357 e.